The van der Waals surface area contributed by atoms with Crippen LogP contribution in [0.1, 0.15) is 17.3 Å². The lowest BCUT2D eigenvalue weighted by molar-refractivity contribution is -0.144. The maximum atomic E-state index is 12.2. The van der Waals surface area contributed by atoms with Crippen LogP contribution in [0.25, 0.3) is 6.08 Å². The zero-order valence-electron chi connectivity index (χ0n) is 9.81. The number of nitrogens with zero attached hydrogens (tertiary/aromatic N) is 3. The summed E-state index contributed by atoms with van der Waals surface area (Å²) in [5.41, 5.74) is 2.24. The summed E-state index contributed by atoms with van der Waals surface area (Å²) < 4.78 is 36.7. The fourth-order valence-corrected chi connectivity index (χ4v) is 1.72. The number of hydrogen-bond donors (Lipinski definition) is 2. The third kappa shape index (κ3) is 3.88. The van der Waals surface area contributed by atoms with Gasteiger partial charge in [0.05, 0.1) is 17.7 Å². The highest BCUT2D eigenvalue weighted by Crippen LogP contribution is 2.25. The fraction of sp³-hybridized carbons (Fsp3) is 0.200. The van der Waals surface area contributed by atoms with E-state index in [-0.39, 0.29) is 12.4 Å². The topological polar surface area (TPSA) is 83.6 Å². The summed E-state index contributed by atoms with van der Waals surface area (Å²) in [5, 5.41) is 9.24. The van der Waals surface area contributed by atoms with Gasteiger partial charge in [0.1, 0.15) is 5.82 Å². The summed E-state index contributed by atoms with van der Waals surface area (Å²) in [4.78, 5) is 18.6. The summed E-state index contributed by atoms with van der Waals surface area (Å²) in [5.74, 6) is -1.81. The van der Waals surface area contributed by atoms with E-state index in [2.05, 4.69) is 25.5 Å². The van der Waals surface area contributed by atoms with Crippen molar-refractivity contribution in [1.29, 1.82) is 0 Å². The Hall–Kier alpha value is -2.23. The molecule has 2 rings (SSSR count). The number of halogens is 3. The molecular formula is C10H8F3N5OS. The molecule has 20 heavy (non-hydrogen) atoms. The zero-order valence-corrected chi connectivity index (χ0v) is 10.6. The van der Waals surface area contributed by atoms with Gasteiger partial charge in [-0.1, -0.05) is 0 Å². The maximum absolute atomic E-state index is 12.2. The first-order valence-corrected chi connectivity index (χ1v) is 6.22. The van der Waals surface area contributed by atoms with E-state index in [0.29, 0.717) is 5.69 Å². The lowest BCUT2D eigenvalue weighted by Gasteiger charge is -1.98. The number of amides is 1. The van der Waals surface area contributed by atoms with Crippen LogP contribution in [0.15, 0.2) is 17.0 Å². The first kappa shape index (κ1) is 14.2. The van der Waals surface area contributed by atoms with Crippen LogP contribution in [0, 0.1) is 0 Å². The number of aromatic amines is 1. The average Bonchev–Trinajstić information content (AvgIpc) is 3.04. The average molecular weight is 303 g/mol. The van der Waals surface area contributed by atoms with Crippen molar-refractivity contribution >= 4 is 23.3 Å². The normalized spacial score (nSPS) is 11.9. The Morgan fingerprint density at radius 3 is 2.90 bits per heavy atom. The Bertz CT molecular complexity index is 605. The van der Waals surface area contributed by atoms with Crippen molar-refractivity contribution in [2.45, 2.75) is 12.7 Å². The van der Waals surface area contributed by atoms with Crippen molar-refractivity contribution in [3.63, 3.8) is 0 Å². The van der Waals surface area contributed by atoms with Crippen LogP contribution in [0.2, 0.25) is 0 Å². The minimum atomic E-state index is -4.61. The van der Waals surface area contributed by atoms with E-state index in [0.717, 1.165) is 0 Å². The van der Waals surface area contributed by atoms with E-state index in [4.69, 9.17) is 0 Å². The van der Waals surface area contributed by atoms with Gasteiger partial charge < -0.3 is 5.32 Å². The SMILES string of the molecule is O=C(/C=C/c1cscn1)NCc1nc(C(F)(F)F)n[nH]1. The number of rotatable bonds is 4. The second-order valence-corrected chi connectivity index (χ2v) is 4.29. The minimum absolute atomic E-state index is 0.0762. The van der Waals surface area contributed by atoms with Gasteiger partial charge in [-0.2, -0.15) is 13.2 Å². The van der Waals surface area contributed by atoms with E-state index in [1.807, 2.05) is 0 Å². The predicted molar refractivity (Wildman–Crippen MR) is 64.4 cm³/mol. The molecule has 0 unspecified atom stereocenters. The van der Waals surface area contributed by atoms with Gasteiger partial charge in [0.25, 0.3) is 5.82 Å². The summed E-state index contributed by atoms with van der Waals surface area (Å²) in [6.45, 7) is -0.177. The molecule has 2 aromatic rings. The Kier molecular flexibility index (Phi) is 4.13. The first-order valence-electron chi connectivity index (χ1n) is 5.28. The number of nitrogens with one attached hydrogen (secondary N) is 2. The highest BCUT2D eigenvalue weighted by atomic mass is 32.1. The van der Waals surface area contributed by atoms with E-state index < -0.39 is 17.9 Å². The quantitative estimate of drug-likeness (QED) is 0.841. The maximum Gasteiger partial charge on any atom is 0.453 e. The minimum Gasteiger partial charge on any atom is -0.345 e. The van der Waals surface area contributed by atoms with Crippen LogP contribution in [0.4, 0.5) is 13.2 Å². The van der Waals surface area contributed by atoms with E-state index in [1.54, 1.807) is 10.9 Å². The van der Waals surface area contributed by atoms with Gasteiger partial charge in [-0.15, -0.1) is 16.4 Å². The van der Waals surface area contributed by atoms with Gasteiger partial charge in [-0.25, -0.2) is 9.97 Å². The molecular weight excluding hydrogens is 295 g/mol. The molecule has 0 aliphatic rings. The largest absolute Gasteiger partial charge is 0.453 e. The molecule has 2 N–H and O–H groups in total. The van der Waals surface area contributed by atoms with Gasteiger partial charge in [0.15, 0.2) is 0 Å². The van der Waals surface area contributed by atoms with Crippen LogP contribution >= 0.6 is 11.3 Å². The molecule has 0 bridgehead atoms. The third-order valence-electron chi connectivity index (χ3n) is 2.07. The molecule has 0 radical (unpaired) electrons. The standard InChI is InChI=1S/C10H8F3N5OS/c11-10(12,13)9-16-7(17-18-9)3-14-8(19)2-1-6-4-20-5-15-6/h1-2,4-5H,3H2,(H,14,19)(H,16,17,18)/b2-1+. The number of aromatic nitrogens is 4. The van der Waals surface area contributed by atoms with Crippen molar-refractivity contribution in [2.75, 3.05) is 0 Å². The molecule has 0 saturated carbocycles. The molecule has 0 atom stereocenters. The molecule has 6 nitrogen and oxygen atoms in total. The van der Waals surface area contributed by atoms with Crippen molar-refractivity contribution in [3.8, 4) is 0 Å². The molecule has 2 heterocycles. The second kappa shape index (κ2) is 5.82. The summed E-state index contributed by atoms with van der Waals surface area (Å²) in [7, 11) is 0. The summed E-state index contributed by atoms with van der Waals surface area (Å²) >= 11 is 1.38. The first-order chi connectivity index (χ1) is 9.45. The van der Waals surface area contributed by atoms with Crippen LogP contribution in [-0.2, 0) is 17.5 Å². The highest BCUT2D eigenvalue weighted by molar-refractivity contribution is 7.07. The van der Waals surface area contributed by atoms with Crippen molar-refractivity contribution < 1.29 is 18.0 Å². The molecule has 0 fully saturated rings. The van der Waals surface area contributed by atoms with Gasteiger partial charge in [0.2, 0.25) is 5.91 Å². The Labute approximate surface area is 114 Å². The van der Waals surface area contributed by atoms with E-state index in [9.17, 15) is 18.0 Å². The Morgan fingerprint density at radius 2 is 2.30 bits per heavy atom. The summed E-state index contributed by atoms with van der Waals surface area (Å²) in [6.07, 6.45) is -1.88. The van der Waals surface area contributed by atoms with E-state index in [1.165, 1.54) is 23.5 Å². The Morgan fingerprint density at radius 1 is 1.50 bits per heavy atom. The van der Waals surface area contributed by atoms with Crippen LogP contribution in [0.5, 0.6) is 0 Å². The third-order valence-corrected chi connectivity index (χ3v) is 2.68. The number of alkyl halides is 3. The van der Waals surface area contributed by atoms with Crippen molar-refractivity contribution in [1.82, 2.24) is 25.5 Å². The smallest absolute Gasteiger partial charge is 0.345 e. The molecule has 0 saturated heterocycles. The predicted octanol–water partition coefficient (Wildman–Crippen LogP) is 1.61. The Balaban J connectivity index is 1.86. The number of hydrogen-bond acceptors (Lipinski definition) is 5. The van der Waals surface area contributed by atoms with Gasteiger partial charge >= 0.3 is 6.18 Å². The van der Waals surface area contributed by atoms with Crippen LogP contribution in [0.3, 0.4) is 0 Å². The second-order valence-electron chi connectivity index (χ2n) is 3.57. The molecule has 2 aromatic heterocycles. The monoisotopic (exact) mass is 303 g/mol. The van der Waals surface area contributed by atoms with Gasteiger partial charge in [0, 0.05) is 11.5 Å². The molecule has 106 valence electrons. The molecule has 0 aromatic carbocycles. The number of H-pyrrole nitrogens is 1. The van der Waals surface area contributed by atoms with E-state index >= 15 is 0 Å². The number of thiazole rings is 1. The molecule has 10 heteroatoms. The molecule has 0 spiro atoms. The lowest BCUT2D eigenvalue weighted by Crippen LogP contribution is -2.21. The molecule has 0 aliphatic heterocycles. The van der Waals surface area contributed by atoms with Crippen LogP contribution < -0.4 is 5.32 Å². The number of carbonyl (C=O) groups is 1. The molecule has 0 aliphatic carbocycles. The van der Waals surface area contributed by atoms with Crippen LogP contribution in [-0.4, -0.2) is 26.1 Å². The summed E-state index contributed by atoms with van der Waals surface area (Å²) in [6, 6.07) is 0. The highest BCUT2D eigenvalue weighted by Gasteiger charge is 2.35. The molecule has 1 amide bonds. The fourth-order valence-electron chi connectivity index (χ4n) is 1.20. The van der Waals surface area contributed by atoms with Crippen molar-refractivity contribution in [2.24, 2.45) is 0 Å². The van der Waals surface area contributed by atoms with Gasteiger partial charge in [-0.3, -0.25) is 9.89 Å². The zero-order chi connectivity index (χ0) is 14.6. The lowest BCUT2D eigenvalue weighted by atomic mass is 10.4. The van der Waals surface area contributed by atoms with Gasteiger partial charge in [-0.05, 0) is 6.08 Å². The number of carbonyl (C=O) groups excluding carboxylic acids is 1. The van der Waals surface area contributed by atoms with Crippen molar-refractivity contribution in [3.05, 3.63) is 34.3 Å².